The van der Waals surface area contributed by atoms with Crippen LogP contribution in [0.5, 0.6) is 0 Å². The molecular weight excluding hydrogens is 385 g/mol. The van der Waals surface area contributed by atoms with Gasteiger partial charge < -0.3 is 14.8 Å². The topological polar surface area (TPSA) is 45.5 Å². The Morgan fingerprint density at radius 2 is 2.30 bits per heavy atom. The van der Waals surface area contributed by atoms with Crippen molar-refractivity contribution in [1.82, 2.24) is 19.8 Å². The molecule has 114 valence electrons. The molecule has 1 aliphatic rings. The third-order valence-electron chi connectivity index (χ3n) is 3.26. The number of aromatic nitrogens is 2. The van der Waals surface area contributed by atoms with Crippen LogP contribution < -0.4 is 5.32 Å². The van der Waals surface area contributed by atoms with Crippen molar-refractivity contribution < 1.29 is 0 Å². The van der Waals surface area contributed by atoms with E-state index in [1.807, 2.05) is 42.8 Å². The zero-order valence-corrected chi connectivity index (χ0v) is 15.7. The van der Waals surface area contributed by atoms with Crippen molar-refractivity contribution >= 4 is 41.7 Å². The summed E-state index contributed by atoms with van der Waals surface area (Å²) < 4.78 is 2.31. The second-order valence-corrected chi connectivity index (χ2v) is 7.19. The maximum absolute atomic E-state index is 4.39. The average molecular weight is 409 g/mol. The molecule has 0 bridgehead atoms. The molecule has 0 aromatic carbocycles. The van der Waals surface area contributed by atoms with Gasteiger partial charge in [0.2, 0.25) is 0 Å². The highest BCUT2D eigenvalue weighted by Gasteiger charge is 2.28. The van der Waals surface area contributed by atoms with Crippen molar-refractivity contribution in [3.05, 3.63) is 18.2 Å². The van der Waals surface area contributed by atoms with Gasteiger partial charge in [0.25, 0.3) is 0 Å². The molecule has 1 N–H and O–H groups in total. The van der Waals surface area contributed by atoms with Crippen molar-refractivity contribution in [1.29, 1.82) is 0 Å². The standard InChI is InChI=1S/C13H23N5S.HI/c1-13(2)10-18(7-8-19-13)12(14-3)16-9-11-15-5-6-17(11)4;/h5-6H,7-10H2,1-4H3,(H,14,16);1H. The molecule has 20 heavy (non-hydrogen) atoms. The molecule has 0 saturated carbocycles. The van der Waals surface area contributed by atoms with E-state index in [9.17, 15) is 0 Å². The molecule has 0 atom stereocenters. The summed E-state index contributed by atoms with van der Waals surface area (Å²) in [5, 5.41) is 3.40. The van der Waals surface area contributed by atoms with E-state index in [-0.39, 0.29) is 24.0 Å². The first kappa shape index (κ1) is 17.6. The number of hydrogen-bond donors (Lipinski definition) is 1. The molecule has 5 nitrogen and oxygen atoms in total. The minimum absolute atomic E-state index is 0. The molecule has 0 spiro atoms. The second-order valence-electron chi connectivity index (χ2n) is 5.38. The predicted octanol–water partition coefficient (Wildman–Crippen LogP) is 1.94. The normalized spacial score (nSPS) is 18.6. The molecule has 1 saturated heterocycles. The van der Waals surface area contributed by atoms with Crippen LogP contribution in [-0.2, 0) is 13.6 Å². The molecular formula is C13H24IN5S. The number of halogens is 1. The van der Waals surface area contributed by atoms with Gasteiger partial charge in [0.1, 0.15) is 5.82 Å². The highest BCUT2D eigenvalue weighted by atomic mass is 127. The molecule has 1 aromatic heterocycles. The van der Waals surface area contributed by atoms with E-state index in [0.29, 0.717) is 11.3 Å². The Hall–Kier alpha value is -0.440. The molecule has 0 amide bonds. The lowest BCUT2D eigenvalue weighted by atomic mass is 10.2. The van der Waals surface area contributed by atoms with Gasteiger partial charge >= 0.3 is 0 Å². The summed E-state index contributed by atoms with van der Waals surface area (Å²) in [6.07, 6.45) is 3.78. The predicted molar refractivity (Wildman–Crippen MR) is 96.9 cm³/mol. The molecule has 0 unspecified atom stereocenters. The average Bonchev–Trinajstić information content (AvgIpc) is 2.75. The molecule has 2 heterocycles. The summed E-state index contributed by atoms with van der Waals surface area (Å²) >= 11 is 2.03. The number of aliphatic imine (C=N–C) groups is 1. The van der Waals surface area contributed by atoms with Gasteiger partial charge in [-0.25, -0.2) is 4.98 Å². The van der Waals surface area contributed by atoms with E-state index in [0.717, 1.165) is 30.6 Å². The Bertz CT molecular complexity index is 457. The van der Waals surface area contributed by atoms with Crippen molar-refractivity contribution in [2.75, 3.05) is 25.9 Å². The van der Waals surface area contributed by atoms with E-state index in [1.165, 1.54) is 0 Å². The van der Waals surface area contributed by atoms with Crippen molar-refractivity contribution in [2.24, 2.45) is 12.0 Å². The molecule has 1 fully saturated rings. The van der Waals surface area contributed by atoms with Gasteiger partial charge in [-0.05, 0) is 13.8 Å². The van der Waals surface area contributed by atoms with Gasteiger partial charge in [-0.3, -0.25) is 4.99 Å². The maximum atomic E-state index is 4.39. The van der Waals surface area contributed by atoms with Crippen molar-refractivity contribution in [3.8, 4) is 0 Å². The van der Waals surface area contributed by atoms with Crippen LogP contribution in [0.25, 0.3) is 0 Å². The molecule has 0 aliphatic carbocycles. The molecule has 1 aromatic rings. The number of thioether (sulfide) groups is 1. The first-order valence-corrected chi connectivity index (χ1v) is 7.56. The third kappa shape index (κ3) is 4.54. The number of imidazole rings is 1. The number of nitrogens with zero attached hydrogens (tertiary/aromatic N) is 4. The van der Waals surface area contributed by atoms with Crippen molar-refractivity contribution in [3.63, 3.8) is 0 Å². The lowest BCUT2D eigenvalue weighted by Crippen LogP contribution is -2.50. The Balaban J connectivity index is 0.00000200. The third-order valence-corrected chi connectivity index (χ3v) is 4.56. The van der Waals surface area contributed by atoms with Gasteiger partial charge in [-0.15, -0.1) is 24.0 Å². The highest BCUT2D eigenvalue weighted by molar-refractivity contribution is 14.0. The number of guanidine groups is 1. The number of rotatable bonds is 2. The summed E-state index contributed by atoms with van der Waals surface area (Å²) in [7, 11) is 3.85. The van der Waals surface area contributed by atoms with E-state index < -0.39 is 0 Å². The fraction of sp³-hybridized carbons (Fsp3) is 0.692. The largest absolute Gasteiger partial charge is 0.349 e. The van der Waals surface area contributed by atoms with E-state index in [4.69, 9.17) is 0 Å². The summed E-state index contributed by atoms with van der Waals surface area (Å²) in [5.74, 6) is 3.14. The van der Waals surface area contributed by atoms with Gasteiger partial charge in [-0.1, -0.05) is 0 Å². The molecule has 0 radical (unpaired) electrons. The minimum Gasteiger partial charge on any atom is -0.349 e. The Morgan fingerprint density at radius 1 is 1.55 bits per heavy atom. The van der Waals surface area contributed by atoms with Crippen LogP contribution in [0, 0.1) is 0 Å². The fourth-order valence-electron chi connectivity index (χ4n) is 2.25. The van der Waals surface area contributed by atoms with Crippen LogP contribution in [0.3, 0.4) is 0 Å². The maximum Gasteiger partial charge on any atom is 0.194 e. The summed E-state index contributed by atoms with van der Waals surface area (Å²) in [6.45, 7) is 7.36. The zero-order chi connectivity index (χ0) is 13.9. The number of nitrogens with one attached hydrogen (secondary N) is 1. The first-order valence-electron chi connectivity index (χ1n) is 6.57. The lowest BCUT2D eigenvalue weighted by Gasteiger charge is -2.39. The summed E-state index contributed by atoms with van der Waals surface area (Å²) in [5.41, 5.74) is 0. The van der Waals surface area contributed by atoms with E-state index >= 15 is 0 Å². The van der Waals surface area contributed by atoms with Crippen LogP contribution in [0.1, 0.15) is 19.7 Å². The first-order chi connectivity index (χ1) is 9.02. The van der Waals surface area contributed by atoms with Crippen LogP contribution in [0.4, 0.5) is 0 Å². The zero-order valence-electron chi connectivity index (χ0n) is 12.6. The minimum atomic E-state index is 0. The van der Waals surface area contributed by atoms with Gasteiger partial charge in [-0.2, -0.15) is 11.8 Å². The second kappa shape index (κ2) is 7.53. The van der Waals surface area contributed by atoms with Crippen LogP contribution in [-0.4, -0.2) is 51.0 Å². The van der Waals surface area contributed by atoms with Gasteiger partial charge in [0, 0.05) is 50.1 Å². The smallest absolute Gasteiger partial charge is 0.194 e. The number of aryl methyl sites for hydroxylation is 1. The molecule has 1 aliphatic heterocycles. The van der Waals surface area contributed by atoms with Gasteiger partial charge in [0.15, 0.2) is 5.96 Å². The highest BCUT2D eigenvalue weighted by Crippen LogP contribution is 2.29. The SMILES string of the molecule is CN=C(NCc1nccn1C)N1CCSC(C)(C)C1.I. The van der Waals surface area contributed by atoms with Gasteiger partial charge in [0.05, 0.1) is 6.54 Å². The fourth-order valence-corrected chi connectivity index (χ4v) is 3.37. The van der Waals surface area contributed by atoms with E-state index in [1.54, 1.807) is 0 Å². The Labute approximate surface area is 142 Å². The lowest BCUT2D eigenvalue weighted by molar-refractivity contribution is 0.375. The van der Waals surface area contributed by atoms with Crippen LogP contribution in [0.2, 0.25) is 0 Å². The molecule has 7 heteroatoms. The van der Waals surface area contributed by atoms with E-state index in [2.05, 4.69) is 34.0 Å². The molecule has 2 rings (SSSR count). The quantitative estimate of drug-likeness (QED) is 0.461. The van der Waals surface area contributed by atoms with Crippen LogP contribution in [0.15, 0.2) is 17.4 Å². The van der Waals surface area contributed by atoms with Crippen LogP contribution >= 0.6 is 35.7 Å². The number of hydrogen-bond acceptors (Lipinski definition) is 3. The summed E-state index contributed by atoms with van der Waals surface area (Å²) in [4.78, 5) is 11.0. The monoisotopic (exact) mass is 409 g/mol. The Morgan fingerprint density at radius 3 is 2.85 bits per heavy atom. The Kier molecular flexibility index (Phi) is 6.63. The van der Waals surface area contributed by atoms with Crippen molar-refractivity contribution in [2.45, 2.75) is 25.1 Å². The summed E-state index contributed by atoms with van der Waals surface area (Å²) in [6, 6.07) is 0.